The zero-order valence-corrected chi connectivity index (χ0v) is 21.6. The molecule has 2 rings (SSSR count). The molecule has 0 bridgehead atoms. The van der Waals surface area contributed by atoms with E-state index < -0.39 is 21.7 Å². The summed E-state index contributed by atoms with van der Waals surface area (Å²) < 4.78 is 36.4. The number of sulfonamides is 1. The highest BCUT2D eigenvalue weighted by atomic mass is 127. The minimum Gasteiger partial charge on any atom is -0.444 e. The van der Waals surface area contributed by atoms with E-state index in [1.54, 1.807) is 13.1 Å². The van der Waals surface area contributed by atoms with E-state index in [1.807, 2.05) is 25.7 Å². The van der Waals surface area contributed by atoms with Crippen LogP contribution in [0.15, 0.2) is 21.8 Å². The van der Waals surface area contributed by atoms with Gasteiger partial charge in [0.1, 0.15) is 17.6 Å². The maximum absolute atomic E-state index is 12.5. The predicted molar refractivity (Wildman–Crippen MR) is 128 cm³/mol. The summed E-state index contributed by atoms with van der Waals surface area (Å²) in [5, 5.41) is 9.63. The van der Waals surface area contributed by atoms with Crippen molar-refractivity contribution in [2.75, 3.05) is 46.3 Å². The van der Waals surface area contributed by atoms with Crippen molar-refractivity contribution in [2.24, 2.45) is 4.99 Å². The Bertz CT molecular complexity index is 802. The maximum Gasteiger partial charge on any atom is 0.407 e. The number of nitrogens with zero attached hydrogens (tertiary/aromatic N) is 4. The molecule has 1 aromatic heterocycles. The molecule has 2 N–H and O–H groups in total. The molecule has 0 spiro atoms. The number of rotatable bonds is 7. The molecule has 0 saturated carbocycles. The lowest BCUT2D eigenvalue weighted by Gasteiger charge is -2.35. The third kappa shape index (κ3) is 9.60. The zero-order valence-electron chi connectivity index (χ0n) is 18.5. The molecule has 2 heterocycles. The van der Waals surface area contributed by atoms with Crippen molar-refractivity contribution < 1.29 is 22.5 Å². The van der Waals surface area contributed by atoms with Gasteiger partial charge in [0.05, 0.1) is 5.69 Å². The maximum atomic E-state index is 12.5. The van der Waals surface area contributed by atoms with Gasteiger partial charge >= 0.3 is 6.09 Å². The van der Waals surface area contributed by atoms with Crippen molar-refractivity contribution in [3.8, 4) is 0 Å². The van der Waals surface area contributed by atoms with Gasteiger partial charge in [-0.2, -0.15) is 4.31 Å². The van der Waals surface area contributed by atoms with E-state index in [-0.39, 0.29) is 29.7 Å². The first-order valence-electron chi connectivity index (χ1n) is 9.90. The monoisotopic (exact) mass is 572 g/mol. The largest absolute Gasteiger partial charge is 0.444 e. The Morgan fingerprint density at radius 3 is 2.42 bits per heavy atom. The van der Waals surface area contributed by atoms with E-state index in [0.717, 1.165) is 0 Å². The average molecular weight is 572 g/mol. The fourth-order valence-electron chi connectivity index (χ4n) is 2.89. The van der Waals surface area contributed by atoms with Gasteiger partial charge < -0.3 is 24.8 Å². The molecule has 13 heteroatoms. The van der Waals surface area contributed by atoms with Crippen LogP contribution in [0.4, 0.5) is 4.79 Å². The van der Waals surface area contributed by atoms with Gasteiger partial charge in [-0.05, 0) is 27.2 Å². The summed E-state index contributed by atoms with van der Waals surface area (Å²) in [6, 6.07) is 1.55. The van der Waals surface area contributed by atoms with Gasteiger partial charge in [-0.15, -0.1) is 24.0 Å². The van der Waals surface area contributed by atoms with E-state index in [1.165, 1.54) is 10.6 Å². The standard InChI is InChI=1S/C18H32N6O5S.HI/c1-18(2,3)29-17(25)21-8-5-7-20-16(19-4)23-9-11-24(12-10-23)30(26,27)14-15-6-13-28-22-15;/h6,13H,5,7-12,14H2,1-4H3,(H,19,20)(H,21,25);1H. The Kier molecular flexibility index (Phi) is 11.0. The van der Waals surface area contributed by atoms with E-state index in [9.17, 15) is 13.2 Å². The van der Waals surface area contributed by atoms with Crippen molar-refractivity contribution >= 4 is 46.1 Å². The van der Waals surface area contributed by atoms with Gasteiger partial charge in [0.2, 0.25) is 10.0 Å². The number of aromatic nitrogens is 1. The molecule has 11 nitrogen and oxygen atoms in total. The molecule has 1 aliphatic heterocycles. The first kappa shape index (κ1) is 27.4. The number of nitrogens with one attached hydrogen (secondary N) is 2. The van der Waals surface area contributed by atoms with Crippen LogP contribution in [-0.4, -0.2) is 86.7 Å². The highest BCUT2D eigenvalue weighted by Gasteiger charge is 2.28. The van der Waals surface area contributed by atoms with Crippen molar-refractivity contribution in [2.45, 2.75) is 38.5 Å². The molecule has 1 fully saturated rings. The lowest BCUT2D eigenvalue weighted by molar-refractivity contribution is 0.0527. The number of hydrogen-bond donors (Lipinski definition) is 2. The summed E-state index contributed by atoms with van der Waals surface area (Å²) >= 11 is 0. The number of aliphatic imine (C=N–C) groups is 1. The summed E-state index contributed by atoms with van der Waals surface area (Å²) in [6.07, 6.45) is 1.63. The molecule has 178 valence electrons. The van der Waals surface area contributed by atoms with Crippen LogP contribution in [0, 0.1) is 0 Å². The number of halogens is 1. The van der Waals surface area contributed by atoms with Gasteiger partial charge in [-0.3, -0.25) is 4.99 Å². The van der Waals surface area contributed by atoms with Gasteiger partial charge in [0, 0.05) is 52.4 Å². The summed E-state index contributed by atoms with van der Waals surface area (Å²) in [5.41, 5.74) is -0.121. The number of carbonyl (C=O) groups is 1. The van der Waals surface area contributed by atoms with Crippen LogP contribution >= 0.6 is 24.0 Å². The smallest absolute Gasteiger partial charge is 0.407 e. The van der Waals surface area contributed by atoms with Crippen molar-refractivity contribution in [3.63, 3.8) is 0 Å². The summed E-state index contributed by atoms with van der Waals surface area (Å²) in [5.74, 6) is 0.544. The van der Waals surface area contributed by atoms with Crippen molar-refractivity contribution in [1.29, 1.82) is 0 Å². The molecule has 0 aliphatic carbocycles. The van der Waals surface area contributed by atoms with Crippen LogP contribution in [0.3, 0.4) is 0 Å². The molecule has 1 amide bonds. The molecule has 1 aromatic rings. The zero-order chi connectivity index (χ0) is 22.2. The van der Waals surface area contributed by atoms with Crippen LogP contribution in [0.25, 0.3) is 0 Å². The van der Waals surface area contributed by atoms with Crippen LogP contribution in [0.2, 0.25) is 0 Å². The second-order valence-electron chi connectivity index (χ2n) is 7.89. The normalized spacial score (nSPS) is 15.9. The summed E-state index contributed by atoms with van der Waals surface area (Å²) in [6.45, 7) is 8.37. The third-order valence-corrected chi connectivity index (χ3v) is 6.08. The van der Waals surface area contributed by atoms with E-state index >= 15 is 0 Å². The van der Waals surface area contributed by atoms with Crippen LogP contribution in [0.1, 0.15) is 32.9 Å². The minimum absolute atomic E-state index is 0. The molecule has 0 atom stereocenters. The van der Waals surface area contributed by atoms with E-state index in [0.29, 0.717) is 57.3 Å². The lowest BCUT2D eigenvalue weighted by Crippen LogP contribution is -2.54. The molecular formula is C18H33IN6O5S. The number of alkyl carbamates (subject to hydrolysis) is 1. The topological polar surface area (TPSA) is 129 Å². The number of ether oxygens (including phenoxy) is 1. The molecule has 0 aromatic carbocycles. The van der Waals surface area contributed by atoms with Crippen molar-refractivity contribution in [3.05, 3.63) is 18.0 Å². The molecule has 0 unspecified atom stereocenters. The Labute approximate surface area is 201 Å². The average Bonchev–Trinajstić information content (AvgIpc) is 3.15. The second kappa shape index (κ2) is 12.4. The fourth-order valence-corrected chi connectivity index (χ4v) is 4.32. The SMILES string of the molecule is CN=C(NCCCNC(=O)OC(C)(C)C)N1CCN(S(=O)(=O)Cc2ccon2)CC1.I. The van der Waals surface area contributed by atoms with Gasteiger partial charge in [0.15, 0.2) is 5.96 Å². The van der Waals surface area contributed by atoms with Gasteiger partial charge in [-0.25, -0.2) is 13.2 Å². The van der Waals surface area contributed by atoms with E-state index in [2.05, 4.69) is 20.8 Å². The Morgan fingerprint density at radius 2 is 1.87 bits per heavy atom. The fraction of sp³-hybridized carbons (Fsp3) is 0.722. The van der Waals surface area contributed by atoms with Gasteiger partial charge in [-0.1, -0.05) is 5.16 Å². The minimum atomic E-state index is -3.44. The first-order valence-corrected chi connectivity index (χ1v) is 11.5. The summed E-state index contributed by atoms with van der Waals surface area (Å²) in [7, 11) is -1.75. The molecular weight excluding hydrogens is 539 g/mol. The summed E-state index contributed by atoms with van der Waals surface area (Å²) in [4.78, 5) is 17.9. The third-order valence-electron chi connectivity index (χ3n) is 4.27. The van der Waals surface area contributed by atoms with Gasteiger partial charge in [0.25, 0.3) is 0 Å². The molecule has 31 heavy (non-hydrogen) atoms. The Hall–Kier alpha value is -1.61. The van der Waals surface area contributed by atoms with Crippen LogP contribution < -0.4 is 10.6 Å². The number of guanidine groups is 1. The number of carbonyl (C=O) groups excluding carboxylic acids is 1. The number of amides is 1. The van der Waals surface area contributed by atoms with E-state index in [4.69, 9.17) is 9.26 Å². The quantitative estimate of drug-likeness (QED) is 0.216. The first-order chi connectivity index (χ1) is 14.1. The number of piperazine rings is 1. The van der Waals surface area contributed by atoms with Crippen LogP contribution in [0.5, 0.6) is 0 Å². The Balaban J connectivity index is 0.00000480. The van der Waals surface area contributed by atoms with Crippen molar-refractivity contribution in [1.82, 2.24) is 25.0 Å². The molecule has 1 aliphatic rings. The molecule has 1 saturated heterocycles. The van der Waals surface area contributed by atoms with Crippen LogP contribution in [-0.2, 0) is 20.5 Å². The predicted octanol–water partition coefficient (Wildman–Crippen LogP) is 1.23. The second-order valence-corrected chi connectivity index (χ2v) is 9.86. The highest BCUT2D eigenvalue weighted by molar-refractivity contribution is 14.0. The molecule has 0 radical (unpaired) electrons. The number of hydrogen-bond acceptors (Lipinski definition) is 7. The Morgan fingerprint density at radius 1 is 1.23 bits per heavy atom. The lowest BCUT2D eigenvalue weighted by atomic mass is 10.2. The highest BCUT2D eigenvalue weighted by Crippen LogP contribution is 2.13.